The molecule has 0 atom stereocenters. The van der Waals surface area contributed by atoms with Gasteiger partial charge in [0.1, 0.15) is 0 Å². The van der Waals surface area contributed by atoms with Gasteiger partial charge in [0.15, 0.2) is 5.92 Å². The summed E-state index contributed by atoms with van der Waals surface area (Å²) in [6.07, 6.45) is 2.33. The van der Waals surface area contributed by atoms with Crippen molar-refractivity contribution >= 4 is 11.9 Å². The van der Waals surface area contributed by atoms with Gasteiger partial charge in [-0.3, -0.25) is 9.59 Å². The van der Waals surface area contributed by atoms with E-state index in [1.165, 1.54) is 14.2 Å². The lowest BCUT2D eigenvalue weighted by Gasteiger charge is -2.15. The molecule has 4 nitrogen and oxygen atoms in total. The van der Waals surface area contributed by atoms with Crippen LogP contribution in [0.15, 0.2) is 23.8 Å². The zero-order chi connectivity index (χ0) is 12.7. The van der Waals surface area contributed by atoms with Gasteiger partial charge in [-0.15, -0.1) is 6.58 Å². The number of hydrogen-bond donors (Lipinski definition) is 0. The van der Waals surface area contributed by atoms with E-state index < -0.39 is 17.9 Å². The Labute approximate surface area is 95.9 Å². The third-order valence-corrected chi connectivity index (χ3v) is 2.43. The van der Waals surface area contributed by atoms with Gasteiger partial charge in [-0.2, -0.15) is 0 Å². The topological polar surface area (TPSA) is 52.6 Å². The first kappa shape index (κ1) is 14.4. The molecule has 0 aliphatic carbocycles. The van der Waals surface area contributed by atoms with Crippen LogP contribution in [0.2, 0.25) is 0 Å². The lowest BCUT2D eigenvalue weighted by Crippen LogP contribution is -2.28. The van der Waals surface area contributed by atoms with E-state index in [4.69, 9.17) is 0 Å². The van der Waals surface area contributed by atoms with Crippen molar-refractivity contribution < 1.29 is 19.1 Å². The number of rotatable bonds is 5. The summed E-state index contributed by atoms with van der Waals surface area (Å²) in [6, 6.07) is 0. The molecule has 0 spiro atoms. The van der Waals surface area contributed by atoms with Crippen LogP contribution in [-0.2, 0) is 19.1 Å². The number of methoxy groups -OCH3 is 2. The second-order valence-electron chi connectivity index (χ2n) is 3.44. The summed E-state index contributed by atoms with van der Waals surface area (Å²) in [5, 5.41) is 0. The molecule has 0 bridgehead atoms. The van der Waals surface area contributed by atoms with Crippen molar-refractivity contribution in [3.8, 4) is 0 Å². The number of allylic oxidation sites excluding steroid dienone is 2. The fraction of sp³-hybridized carbons (Fsp3) is 0.500. The standard InChI is InChI=1S/C12H18O4/c1-6-7-8(2)9(3)10(11(13)15-4)12(14)16-5/h6,10H,1,7H2,2-5H3. The molecule has 0 aromatic rings. The molecule has 0 aromatic heterocycles. The molecule has 16 heavy (non-hydrogen) atoms. The lowest BCUT2D eigenvalue weighted by molar-refractivity contribution is -0.156. The van der Waals surface area contributed by atoms with Crippen LogP contribution >= 0.6 is 0 Å². The van der Waals surface area contributed by atoms with Crippen LogP contribution in [0.5, 0.6) is 0 Å². The molecule has 0 rings (SSSR count). The molecular formula is C12H18O4. The molecule has 0 unspecified atom stereocenters. The zero-order valence-electron chi connectivity index (χ0n) is 10.2. The maximum atomic E-state index is 11.5. The van der Waals surface area contributed by atoms with E-state index in [0.29, 0.717) is 12.0 Å². The Balaban J connectivity index is 5.18. The van der Waals surface area contributed by atoms with Gasteiger partial charge < -0.3 is 9.47 Å². The summed E-state index contributed by atoms with van der Waals surface area (Å²) in [5.74, 6) is -2.18. The maximum absolute atomic E-state index is 11.5. The Hall–Kier alpha value is -1.58. The fourth-order valence-electron chi connectivity index (χ4n) is 1.31. The SMILES string of the molecule is C=CCC(C)=C(C)C(C(=O)OC)C(=O)OC. The van der Waals surface area contributed by atoms with Gasteiger partial charge in [0.2, 0.25) is 0 Å². The van der Waals surface area contributed by atoms with Crippen molar-refractivity contribution in [1.82, 2.24) is 0 Å². The number of esters is 2. The van der Waals surface area contributed by atoms with Gasteiger partial charge in [0.25, 0.3) is 0 Å². The summed E-state index contributed by atoms with van der Waals surface area (Å²) < 4.78 is 9.17. The molecule has 0 N–H and O–H groups in total. The second-order valence-corrected chi connectivity index (χ2v) is 3.44. The molecule has 0 radical (unpaired) electrons. The highest BCUT2D eigenvalue weighted by molar-refractivity contribution is 5.98. The average Bonchev–Trinajstić information content (AvgIpc) is 2.28. The third-order valence-electron chi connectivity index (χ3n) is 2.43. The first-order chi connectivity index (χ1) is 7.49. The van der Waals surface area contributed by atoms with Crippen LogP contribution in [0, 0.1) is 5.92 Å². The van der Waals surface area contributed by atoms with Crippen LogP contribution in [0.1, 0.15) is 20.3 Å². The Kier molecular flexibility index (Phi) is 6.15. The van der Waals surface area contributed by atoms with Gasteiger partial charge in [-0.1, -0.05) is 11.6 Å². The number of ether oxygens (including phenoxy) is 2. The van der Waals surface area contributed by atoms with Crippen LogP contribution in [0.4, 0.5) is 0 Å². The summed E-state index contributed by atoms with van der Waals surface area (Å²) in [5.41, 5.74) is 1.56. The van der Waals surface area contributed by atoms with E-state index in [2.05, 4.69) is 16.1 Å². The van der Waals surface area contributed by atoms with Crippen LogP contribution in [0.3, 0.4) is 0 Å². The van der Waals surface area contributed by atoms with Crippen molar-refractivity contribution in [2.24, 2.45) is 5.92 Å². The number of hydrogen-bond acceptors (Lipinski definition) is 4. The largest absolute Gasteiger partial charge is 0.468 e. The van der Waals surface area contributed by atoms with Crippen molar-refractivity contribution in [2.75, 3.05) is 14.2 Å². The highest BCUT2D eigenvalue weighted by atomic mass is 16.5. The highest BCUT2D eigenvalue weighted by Crippen LogP contribution is 2.20. The first-order valence-electron chi connectivity index (χ1n) is 4.92. The minimum atomic E-state index is -0.977. The molecule has 0 aromatic carbocycles. The fourth-order valence-corrected chi connectivity index (χ4v) is 1.31. The summed E-state index contributed by atoms with van der Waals surface area (Å²) in [7, 11) is 2.49. The predicted octanol–water partition coefficient (Wildman–Crippen LogP) is 1.86. The van der Waals surface area contributed by atoms with Gasteiger partial charge in [-0.05, 0) is 25.8 Å². The minimum absolute atomic E-state index is 0.604. The van der Waals surface area contributed by atoms with E-state index >= 15 is 0 Å². The van der Waals surface area contributed by atoms with Crippen LogP contribution < -0.4 is 0 Å². The molecule has 0 amide bonds. The van der Waals surface area contributed by atoms with Gasteiger partial charge >= 0.3 is 11.9 Å². The van der Waals surface area contributed by atoms with Crippen molar-refractivity contribution in [2.45, 2.75) is 20.3 Å². The van der Waals surface area contributed by atoms with Crippen LogP contribution in [0.25, 0.3) is 0 Å². The zero-order valence-corrected chi connectivity index (χ0v) is 10.2. The first-order valence-corrected chi connectivity index (χ1v) is 4.92. The van der Waals surface area contributed by atoms with Gasteiger partial charge in [0, 0.05) is 0 Å². The average molecular weight is 226 g/mol. The Morgan fingerprint density at radius 2 is 1.62 bits per heavy atom. The molecule has 0 aliphatic rings. The van der Waals surface area contributed by atoms with E-state index in [1.807, 2.05) is 6.92 Å². The molecular weight excluding hydrogens is 208 g/mol. The quantitative estimate of drug-likeness (QED) is 0.408. The monoisotopic (exact) mass is 226 g/mol. The molecule has 90 valence electrons. The molecule has 0 aliphatic heterocycles. The smallest absolute Gasteiger partial charge is 0.324 e. The van der Waals surface area contributed by atoms with Crippen LogP contribution in [-0.4, -0.2) is 26.2 Å². The minimum Gasteiger partial charge on any atom is -0.468 e. The molecule has 0 saturated heterocycles. The lowest BCUT2D eigenvalue weighted by atomic mass is 9.95. The Bertz CT molecular complexity index is 299. The Morgan fingerprint density at radius 1 is 1.19 bits per heavy atom. The van der Waals surface area contributed by atoms with Crippen molar-refractivity contribution in [3.05, 3.63) is 23.8 Å². The maximum Gasteiger partial charge on any atom is 0.324 e. The number of carbonyl (C=O) groups is 2. The van der Waals surface area contributed by atoms with E-state index in [1.54, 1.807) is 13.0 Å². The highest BCUT2D eigenvalue weighted by Gasteiger charge is 2.31. The summed E-state index contributed by atoms with van der Waals surface area (Å²) in [6.45, 7) is 7.17. The van der Waals surface area contributed by atoms with Gasteiger partial charge in [0.05, 0.1) is 14.2 Å². The molecule has 4 heteroatoms. The van der Waals surface area contributed by atoms with E-state index in [0.717, 1.165) is 5.57 Å². The van der Waals surface area contributed by atoms with E-state index in [-0.39, 0.29) is 0 Å². The van der Waals surface area contributed by atoms with E-state index in [9.17, 15) is 9.59 Å². The molecule has 0 saturated carbocycles. The van der Waals surface area contributed by atoms with Gasteiger partial charge in [-0.25, -0.2) is 0 Å². The third kappa shape index (κ3) is 3.53. The second kappa shape index (κ2) is 6.82. The van der Waals surface area contributed by atoms with Crippen molar-refractivity contribution in [3.63, 3.8) is 0 Å². The molecule has 0 fully saturated rings. The summed E-state index contributed by atoms with van der Waals surface area (Å²) in [4.78, 5) is 23.0. The Morgan fingerprint density at radius 3 is 1.94 bits per heavy atom. The van der Waals surface area contributed by atoms with Crippen molar-refractivity contribution in [1.29, 1.82) is 0 Å². The summed E-state index contributed by atoms with van der Waals surface area (Å²) >= 11 is 0. The molecule has 0 heterocycles. The normalized spacial score (nSPS) is 11.8. The predicted molar refractivity (Wildman–Crippen MR) is 60.7 cm³/mol. The number of carbonyl (C=O) groups excluding carboxylic acids is 2.